The van der Waals surface area contributed by atoms with Gasteiger partial charge in [-0.2, -0.15) is 0 Å². The number of ether oxygens (including phenoxy) is 1. The Morgan fingerprint density at radius 1 is 1.23 bits per heavy atom. The number of hydrogen-bond acceptors (Lipinski definition) is 4. The number of fused-ring (bicyclic) bond motifs is 1. The van der Waals surface area contributed by atoms with Crippen molar-refractivity contribution < 1.29 is 14.3 Å². The van der Waals surface area contributed by atoms with E-state index in [4.69, 9.17) is 4.74 Å². The quantitative estimate of drug-likeness (QED) is 0.848. The molecule has 1 aromatic rings. The van der Waals surface area contributed by atoms with Crippen LogP contribution < -0.4 is 15.0 Å². The van der Waals surface area contributed by atoms with E-state index in [2.05, 4.69) is 10.2 Å². The molecule has 1 N–H and O–H groups in total. The van der Waals surface area contributed by atoms with Crippen molar-refractivity contribution in [1.82, 2.24) is 4.90 Å². The van der Waals surface area contributed by atoms with Crippen LogP contribution in [-0.4, -0.2) is 49.0 Å². The second kappa shape index (κ2) is 8.54. The molecule has 1 fully saturated rings. The SMILES string of the molecule is CCCC(=O)Nc1ccc2c(c1)N(CCN1CCCCC1)C(=O)C(C)O2. The summed E-state index contributed by atoms with van der Waals surface area (Å²) in [6.07, 6.45) is 4.58. The predicted octanol–water partition coefficient (Wildman–Crippen LogP) is 3.03. The molecular formula is C20H29N3O3. The van der Waals surface area contributed by atoms with Crippen molar-refractivity contribution in [3.05, 3.63) is 18.2 Å². The van der Waals surface area contributed by atoms with Crippen molar-refractivity contribution in [2.45, 2.75) is 52.1 Å². The van der Waals surface area contributed by atoms with E-state index in [9.17, 15) is 9.59 Å². The summed E-state index contributed by atoms with van der Waals surface area (Å²) < 4.78 is 5.76. The molecule has 0 radical (unpaired) electrons. The van der Waals surface area contributed by atoms with E-state index >= 15 is 0 Å². The Morgan fingerprint density at radius 2 is 2.00 bits per heavy atom. The summed E-state index contributed by atoms with van der Waals surface area (Å²) in [5.74, 6) is 0.666. The normalized spacial score (nSPS) is 20.5. The largest absolute Gasteiger partial charge is 0.479 e. The Bertz CT molecular complexity index is 656. The van der Waals surface area contributed by atoms with Crippen LogP contribution >= 0.6 is 0 Å². The monoisotopic (exact) mass is 359 g/mol. The van der Waals surface area contributed by atoms with Crippen molar-refractivity contribution >= 4 is 23.2 Å². The number of carbonyl (C=O) groups is 2. The van der Waals surface area contributed by atoms with E-state index in [0.717, 1.165) is 31.7 Å². The Morgan fingerprint density at radius 3 is 2.73 bits per heavy atom. The van der Waals surface area contributed by atoms with Crippen LogP contribution in [0.3, 0.4) is 0 Å². The average Bonchev–Trinajstić information content (AvgIpc) is 2.63. The Labute approximate surface area is 155 Å². The topological polar surface area (TPSA) is 61.9 Å². The average molecular weight is 359 g/mol. The molecule has 0 bridgehead atoms. The van der Waals surface area contributed by atoms with Crippen LogP contribution in [0, 0.1) is 0 Å². The van der Waals surface area contributed by atoms with Gasteiger partial charge in [-0.05, 0) is 57.5 Å². The highest BCUT2D eigenvalue weighted by molar-refractivity contribution is 6.01. The number of benzene rings is 1. The molecule has 2 aliphatic heterocycles. The fraction of sp³-hybridized carbons (Fsp3) is 0.600. The van der Waals surface area contributed by atoms with Crippen LogP contribution in [0.15, 0.2) is 18.2 Å². The fourth-order valence-electron chi connectivity index (χ4n) is 3.59. The lowest BCUT2D eigenvalue weighted by Crippen LogP contribution is -2.48. The Kier molecular flexibility index (Phi) is 6.14. The molecule has 142 valence electrons. The van der Waals surface area contributed by atoms with Crippen LogP contribution in [0.25, 0.3) is 0 Å². The van der Waals surface area contributed by atoms with Crippen LogP contribution in [0.2, 0.25) is 0 Å². The third kappa shape index (κ3) is 4.36. The lowest BCUT2D eigenvalue weighted by Gasteiger charge is -2.35. The highest BCUT2D eigenvalue weighted by atomic mass is 16.5. The maximum Gasteiger partial charge on any atom is 0.267 e. The van der Waals surface area contributed by atoms with E-state index in [0.29, 0.717) is 24.4 Å². The van der Waals surface area contributed by atoms with Crippen LogP contribution in [0.5, 0.6) is 5.75 Å². The maximum absolute atomic E-state index is 12.7. The van der Waals surface area contributed by atoms with Crippen molar-refractivity contribution in [2.24, 2.45) is 0 Å². The lowest BCUT2D eigenvalue weighted by atomic mass is 10.1. The molecule has 1 saturated heterocycles. The fourth-order valence-corrected chi connectivity index (χ4v) is 3.59. The molecule has 1 unspecified atom stereocenters. The standard InChI is InChI=1S/C20H29N3O3/c1-3-7-19(24)21-16-8-9-18-17(14-16)23(20(25)15(2)26-18)13-12-22-10-5-4-6-11-22/h8-9,14-15H,3-7,10-13H2,1-2H3,(H,21,24). The number of nitrogens with one attached hydrogen (secondary N) is 1. The minimum atomic E-state index is -0.482. The molecule has 2 heterocycles. The van der Waals surface area contributed by atoms with E-state index in [-0.39, 0.29) is 11.8 Å². The molecule has 0 spiro atoms. The van der Waals surface area contributed by atoms with Gasteiger partial charge < -0.3 is 19.9 Å². The molecule has 1 atom stereocenters. The molecule has 0 aliphatic carbocycles. The number of piperidine rings is 1. The molecule has 6 nitrogen and oxygen atoms in total. The molecule has 0 aromatic heterocycles. The molecule has 2 aliphatic rings. The summed E-state index contributed by atoms with van der Waals surface area (Å²) in [6, 6.07) is 5.52. The molecule has 0 saturated carbocycles. The van der Waals surface area contributed by atoms with E-state index < -0.39 is 6.10 Å². The summed E-state index contributed by atoms with van der Waals surface area (Å²) >= 11 is 0. The lowest BCUT2D eigenvalue weighted by molar-refractivity contribution is -0.125. The van der Waals surface area contributed by atoms with Gasteiger partial charge in [0.1, 0.15) is 5.75 Å². The number of nitrogens with zero attached hydrogens (tertiary/aromatic N) is 2. The van der Waals surface area contributed by atoms with E-state index in [1.54, 1.807) is 6.92 Å². The van der Waals surface area contributed by atoms with Crippen LogP contribution in [0.4, 0.5) is 11.4 Å². The van der Waals surface area contributed by atoms with Gasteiger partial charge in [0.05, 0.1) is 5.69 Å². The second-order valence-corrected chi connectivity index (χ2v) is 7.13. The predicted molar refractivity (Wildman–Crippen MR) is 103 cm³/mol. The molecule has 2 amide bonds. The van der Waals surface area contributed by atoms with E-state index in [1.165, 1.54) is 19.3 Å². The number of hydrogen-bond donors (Lipinski definition) is 1. The van der Waals surface area contributed by atoms with Crippen molar-refractivity contribution in [3.8, 4) is 5.75 Å². The highest BCUT2D eigenvalue weighted by Gasteiger charge is 2.32. The van der Waals surface area contributed by atoms with E-state index in [1.807, 2.05) is 30.0 Å². The van der Waals surface area contributed by atoms with Crippen molar-refractivity contribution in [1.29, 1.82) is 0 Å². The van der Waals surface area contributed by atoms with Crippen molar-refractivity contribution in [3.63, 3.8) is 0 Å². The second-order valence-electron chi connectivity index (χ2n) is 7.13. The van der Waals surface area contributed by atoms with Gasteiger partial charge in [-0.25, -0.2) is 0 Å². The minimum Gasteiger partial charge on any atom is -0.479 e. The third-order valence-electron chi connectivity index (χ3n) is 5.02. The first-order valence-electron chi connectivity index (χ1n) is 9.72. The molecule has 1 aromatic carbocycles. The van der Waals surface area contributed by atoms with Gasteiger partial charge in [0.25, 0.3) is 5.91 Å². The maximum atomic E-state index is 12.7. The first-order chi connectivity index (χ1) is 12.6. The molecule has 26 heavy (non-hydrogen) atoms. The summed E-state index contributed by atoms with van der Waals surface area (Å²) in [4.78, 5) is 28.8. The smallest absolute Gasteiger partial charge is 0.267 e. The summed E-state index contributed by atoms with van der Waals surface area (Å²) in [6.45, 7) is 7.48. The highest BCUT2D eigenvalue weighted by Crippen LogP contribution is 2.36. The van der Waals surface area contributed by atoms with Crippen LogP contribution in [0.1, 0.15) is 46.0 Å². The number of amides is 2. The number of rotatable bonds is 6. The zero-order chi connectivity index (χ0) is 18.5. The molecule has 6 heteroatoms. The minimum absolute atomic E-state index is 0.0104. The molecule has 3 rings (SSSR count). The molecular weight excluding hydrogens is 330 g/mol. The van der Waals surface area contributed by atoms with Gasteiger partial charge in [-0.15, -0.1) is 0 Å². The van der Waals surface area contributed by atoms with Gasteiger partial charge in [0.15, 0.2) is 6.10 Å². The Balaban J connectivity index is 1.75. The zero-order valence-corrected chi connectivity index (χ0v) is 15.8. The van der Waals surface area contributed by atoms with Crippen molar-refractivity contribution in [2.75, 3.05) is 36.4 Å². The first-order valence-corrected chi connectivity index (χ1v) is 9.72. The van der Waals surface area contributed by atoms with Gasteiger partial charge >= 0.3 is 0 Å². The van der Waals surface area contributed by atoms with Gasteiger partial charge in [-0.1, -0.05) is 13.3 Å². The van der Waals surface area contributed by atoms with Crippen LogP contribution in [-0.2, 0) is 9.59 Å². The number of likely N-dealkylation sites (tertiary alicyclic amines) is 1. The first kappa shape index (κ1) is 18.7. The summed E-state index contributed by atoms with van der Waals surface area (Å²) in [7, 11) is 0. The van der Waals surface area contributed by atoms with Gasteiger partial charge in [0, 0.05) is 25.2 Å². The third-order valence-corrected chi connectivity index (χ3v) is 5.02. The Hall–Kier alpha value is -2.08. The summed E-state index contributed by atoms with van der Waals surface area (Å²) in [5, 5.41) is 2.90. The zero-order valence-electron chi connectivity index (χ0n) is 15.8. The summed E-state index contributed by atoms with van der Waals surface area (Å²) in [5.41, 5.74) is 1.45. The number of carbonyl (C=O) groups excluding carboxylic acids is 2. The van der Waals surface area contributed by atoms with Gasteiger partial charge in [0.2, 0.25) is 5.91 Å². The number of anilines is 2. The van der Waals surface area contributed by atoms with Gasteiger partial charge in [-0.3, -0.25) is 9.59 Å².